The van der Waals surface area contributed by atoms with Gasteiger partial charge in [0.1, 0.15) is 11.8 Å². The number of carbonyl (C=O) groups excluding carboxylic acids is 1. The average molecular weight is 327 g/mol. The van der Waals surface area contributed by atoms with Crippen molar-refractivity contribution in [2.75, 3.05) is 14.2 Å². The Bertz CT molecular complexity index is 724. The largest absolute Gasteiger partial charge is 0.496 e. The zero-order valence-electron chi connectivity index (χ0n) is 14.0. The summed E-state index contributed by atoms with van der Waals surface area (Å²) in [5.41, 5.74) is 2.32. The van der Waals surface area contributed by atoms with Crippen molar-refractivity contribution in [3.8, 4) is 16.9 Å². The van der Waals surface area contributed by atoms with Crippen LogP contribution in [0.25, 0.3) is 11.1 Å². The van der Waals surface area contributed by atoms with E-state index in [1.807, 2.05) is 36.4 Å². The van der Waals surface area contributed by atoms with Crippen molar-refractivity contribution in [1.82, 2.24) is 4.90 Å². The smallest absolute Gasteiger partial charge is 0.326 e. The van der Waals surface area contributed by atoms with Crippen molar-refractivity contribution in [2.24, 2.45) is 0 Å². The first-order valence-electron chi connectivity index (χ1n) is 7.73. The summed E-state index contributed by atoms with van der Waals surface area (Å²) in [7, 11) is 3.13. The second-order valence-electron chi connectivity index (χ2n) is 5.46. The summed E-state index contributed by atoms with van der Waals surface area (Å²) < 4.78 is 5.35. The number of nitrogens with zero attached hydrogens (tertiary/aromatic N) is 1. The van der Waals surface area contributed by atoms with Crippen LogP contribution in [-0.4, -0.2) is 42.1 Å². The first-order valence-corrected chi connectivity index (χ1v) is 7.73. The van der Waals surface area contributed by atoms with Crippen LogP contribution in [0.5, 0.6) is 5.75 Å². The summed E-state index contributed by atoms with van der Waals surface area (Å²) >= 11 is 0. The van der Waals surface area contributed by atoms with Gasteiger partial charge in [0, 0.05) is 18.2 Å². The van der Waals surface area contributed by atoms with Crippen LogP contribution < -0.4 is 4.74 Å². The Morgan fingerprint density at radius 3 is 2.29 bits per heavy atom. The highest BCUT2D eigenvalue weighted by Gasteiger charge is 2.25. The first kappa shape index (κ1) is 17.5. The molecule has 0 aromatic heterocycles. The molecule has 1 amide bonds. The van der Waals surface area contributed by atoms with Gasteiger partial charge >= 0.3 is 5.97 Å². The van der Waals surface area contributed by atoms with Gasteiger partial charge in [-0.1, -0.05) is 37.3 Å². The Labute approximate surface area is 141 Å². The van der Waals surface area contributed by atoms with Crippen LogP contribution in [0.1, 0.15) is 23.7 Å². The van der Waals surface area contributed by atoms with E-state index in [-0.39, 0.29) is 5.91 Å². The lowest BCUT2D eigenvalue weighted by molar-refractivity contribution is -0.142. The Balaban J connectivity index is 2.26. The normalized spacial score (nSPS) is 11.6. The molecule has 1 N–H and O–H groups in total. The number of hydrogen-bond acceptors (Lipinski definition) is 3. The summed E-state index contributed by atoms with van der Waals surface area (Å²) in [5, 5.41) is 9.18. The summed E-state index contributed by atoms with van der Waals surface area (Å²) in [5.74, 6) is -0.555. The van der Waals surface area contributed by atoms with Gasteiger partial charge in [-0.2, -0.15) is 0 Å². The quantitative estimate of drug-likeness (QED) is 0.884. The van der Waals surface area contributed by atoms with Crippen molar-refractivity contribution in [2.45, 2.75) is 19.4 Å². The van der Waals surface area contributed by atoms with Gasteiger partial charge in [-0.3, -0.25) is 4.79 Å². The number of benzene rings is 2. The topological polar surface area (TPSA) is 66.8 Å². The number of ether oxygens (including phenoxy) is 1. The van der Waals surface area contributed by atoms with E-state index in [0.717, 1.165) is 16.9 Å². The monoisotopic (exact) mass is 327 g/mol. The maximum atomic E-state index is 12.5. The minimum absolute atomic E-state index is 0.309. The standard InChI is InChI=1S/C19H21NO4/c1-4-16(19(22)23)20(2)18(21)14-11-9-13(10-12-14)15-7-5-6-8-17(15)24-3/h5-12,16H,4H2,1-3H3,(H,22,23). The minimum atomic E-state index is -1.00. The molecule has 126 valence electrons. The summed E-state index contributed by atoms with van der Waals surface area (Å²) in [4.78, 5) is 24.9. The zero-order valence-corrected chi connectivity index (χ0v) is 14.0. The molecule has 2 rings (SSSR count). The number of carboxylic acid groups (broad SMARTS) is 1. The van der Waals surface area contributed by atoms with Crippen molar-refractivity contribution in [3.63, 3.8) is 0 Å². The van der Waals surface area contributed by atoms with Crippen molar-refractivity contribution in [3.05, 3.63) is 54.1 Å². The molecule has 0 aliphatic heterocycles. The van der Waals surface area contributed by atoms with E-state index in [9.17, 15) is 14.7 Å². The molecule has 0 heterocycles. The van der Waals surface area contributed by atoms with Crippen LogP contribution in [0.4, 0.5) is 0 Å². The molecule has 0 bridgehead atoms. The fourth-order valence-electron chi connectivity index (χ4n) is 2.63. The lowest BCUT2D eigenvalue weighted by Crippen LogP contribution is -2.41. The third-order valence-corrected chi connectivity index (χ3v) is 4.01. The van der Waals surface area contributed by atoms with Crippen LogP contribution in [-0.2, 0) is 4.79 Å². The first-order chi connectivity index (χ1) is 11.5. The fraction of sp³-hybridized carbons (Fsp3) is 0.263. The molecule has 0 saturated carbocycles. The van der Waals surface area contributed by atoms with E-state index in [1.54, 1.807) is 26.2 Å². The molecule has 5 nitrogen and oxygen atoms in total. The second kappa shape index (κ2) is 7.64. The highest BCUT2D eigenvalue weighted by molar-refractivity contribution is 5.96. The molecule has 2 aromatic rings. The molecule has 1 unspecified atom stereocenters. The van der Waals surface area contributed by atoms with E-state index in [4.69, 9.17) is 4.74 Å². The number of rotatable bonds is 6. The summed E-state index contributed by atoms with van der Waals surface area (Å²) in [6.45, 7) is 1.74. The zero-order chi connectivity index (χ0) is 17.7. The highest BCUT2D eigenvalue weighted by atomic mass is 16.5. The lowest BCUT2D eigenvalue weighted by Gasteiger charge is -2.23. The number of hydrogen-bond donors (Lipinski definition) is 1. The van der Waals surface area contributed by atoms with Crippen molar-refractivity contribution >= 4 is 11.9 Å². The highest BCUT2D eigenvalue weighted by Crippen LogP contribution is 2.29. The van der Waals surface area contributed by atoms with Crippen LogP contribution in [0, 0.1) is 0 Å². The molecular weight excluding hydrogens is 306 g/mol. The van der Waals surface area contributed by atoms with Crippen LogP contribution >= 0.6 is 0 Å². The van der Waals surface area contributed by atoms with Gasteiger partial charge in [0.25, 0.3) is 5.91 Å². The molecule has 0 radical (unpaired) electrons. The van der Waals surface area contributed by atoms with E-state index in [0.29, 0.717) is 12.0 Å². The van der Waals surface area contributed by atoms with E-state index in [1.165, 1.54) is 11.9 Å². The molecule has 24 heavy (non-hydrogen) atoms. The maximum absolute atomic E-state index is 12.5. The Kier molecular flexibility index (Phi) is 5.58. The average Bonchev–Trinajstić information content (AvgIpc) is 2.61. The SMILES string of the molecule is CCC(C(=O)O)N(C)C(=O)c1ccc(-c2ccccc2OC)cc1. The number of carbonyl (C=O) groups is 2. The van der Waals surface area contributed by atoms with Gasteiger partial charge in [-0.15, -0.1) is 0 Å². The van der Waals surface area contributed by atoms with Crippen LogP contribution in [0.15, 0.2) is 48.5 Å². The number of para-hydroxylation sites is 1. The van der Waals surface area contributed by atoms with Crippen LogP contribution in [0.2, 0.25) is 0 Å². The van der Waals surface area contributed by atoms with Crippen molar-refractivity contribution < 1.29 is 19.4 Å². The molecule has 5 heteroatoms. The van der Waals surface area contributed by atoms with Gasteiger partial charge in [-0.05, 0) is 30.2 Å². The fourth-order valence-corrected chi connectivity index (χ4v) is 2.63. The lowest BCUT2D eigenvalue weighted by atomic mass is 10.0. The number of likely N-dealkylation sites (N-methyl/N-ethyl adjacent to an activating group) is 1. The van der Waals surface area contributed by atoms with E-state index >= 15 is 0 Å². The number of methoxy groups -OCH3 is 1. The molecule has 0 fully saturated rings. The second-order valence-corrected chi connectivity index (χ2v) is 5.46. The molecular formula is C19H21NO4. The Morgan fingerprint density at radius 2 is 1.75 bits per heavy atom. The van der Waals surface area contributed by atoms with Gasteiger partial charge < -0.3 is 14.7 Å². The molecule has 0 aliphatic carbocycles. The third kappa shape index (κ3) is 3.56. The van der Waals surface area contributed by atoms with E-state index < -0.39 is 12.0 Å². The number of amides is 1. The predicted octanol–water partition coefficient (Wildman–Crippen LogP) is 3.30. The summed E-state index contributed by atoms with van der Waals surface area (Å²) in [6, 6.07) is 13.9. The molecule has 0 aliphatic rings. The van der Waals surface area contributed by atoms with Gasteiger partial charge in [-0.25, -0.2) is 4.79 Å². The molecule has 2 aromatic carbocycles. The van der Waals surface area contributed by atoms with Crippen molar-refractivity contribution in [1.29, 1.82) is 0 Å². The summed E-state index contributed by atoms with van der Waals surface area (Å²) in [6.07, 6.45) is 0.358. The van der Waals surface area contributed by atoms with Gasteiger partial charge in [0.2, 0.25) is 0 Å². The molecule has 0 spiro atoms. The maximum Gasteiger partial charge on any atom is 0.326 e. The minimum Gasteiger partial charge on any atom is -0.496 e. The number of carboxylic acids is 1. The molecule has 0 saturated heterocycles. The van der Waals surface area contributed by atoms with E-state index in [2.05, 4.69) is 0 Å². The Hall–Kier alpha value is -2.82. The van der Waals surface area contributed by atoms with Gasteiger partial charge in [0.05, 0.1) is 7.11 Å². The van der Waals surface area contributed by atoms with Crippen LogP contribution in [0.3, 0.4) is 0 Å². The van der Waals surface area contributed by atoms with Gasteiger partial charge in [0.15, 0.2) is 0 Å². The Morgan fingerprint density at radius 1 is 1.12 bits per heavy atom. The predicted molar refractivity (Wildman–Crippen MR) is 92.2 cm³/mol. The molecule has 1 atom stereocenters. The third-order valence-electron chi connectivity index (χ3n) is 4.01. The number of aliphatic carboxylic acids is 1.